The van der Waals surface area contributed by atoms with Gasteiger partial charge in [0.2, 0.25) is 0 Å². The highest BCUT2D eigenvalue weighted by Gasteiger charge is 2.08. The number of aromatic hydroxyl groups is 1. The Labute approximate surface area is 207 Å². The number of hydrogen-bond acceptors (Lipinski definition) is 6. The zero-order valence-corrected chi connectivity index (χ0v) is 20.1. The lowest BCUT2D eigenvalue weighted by atomic mass is 10.1. The summed E-state index contributed by atoms with van der Waals surface area (Å²) in [6, 6.07) is 19.6. The van der Waals surface area contributed by atoms with Gasteiger partial charge in [-0.2, -0.15) is 5.10 Å². The van der Waals surface area contributed by atoms with Gasteiger partial charge in [0.15, 0.2) is 5.13 Å². The number of rotatable bonds is 6. The monoisotopic (exact) mass is 574 g/mol. The molecule has 3 aromatic carbocycles. The Kier molecular flexibility index (Phi) is 7.03. The zero-order valence-electron chi connectivity index (χ0n) is 16.4. The Hall–Kier alpha value is -2.95. The Morgan fingerprint density at radius 1 is 1.09 bits per heavy atom. The molecule has 4 rings (SSSR count). The van der Waals surface area contributed by atoms with Crippen molar-refractivity contribution in [2.24, 2.45) is 5.10 Å². The number of phenols is 1. The number of nitrogens with zero attached hydrogens (tertiary/aromatic N) is 2. The minimum Gasteiger partial charge on any atom is -0.507 e. The maximum atomic E-state index is 12.3. The molecule has 3 N–H and O–H groups in total. The third-order valence-electron chi connectivity index (χ3n) is 4.39. The number of anilines is 2. The molecule has 0 aliphatic heterocycles. The SMILES string of the molecule is O=C(N/N=C\c1ccc(O)c(I)c1)c1ccc(-c2csc(Nc3ccc(Cl)cc3)n2)cc1. The van der Waals surface area contributed by atoms with Crippen molar-refractivity contribution >= 4 is 68.5 Å². The van der Waals surface area contributed by atoms with E-state index in [4.69, 9.17) is 11.6 Å². The highest BCUT2D eigenvalue weighted by molar-refractivity contribution is 14.1. The summed E-state index contributed by atoms with van der Waals surface area (Å²) in [6.07, 6.45) is 1.53. The van der Waals surface area contributed by atoms with Crippen molar-refractivity contribution in [1.82, 2.24) is 10.4 Å². The van der Waals surface area contributed by atoms with E-state index in [9.17, 15) is 9.90 Å². The van der Waals surface area contributed by atoms with Gasteiger partial charge in [-0.25, -0.2) is 10.4 Å². The van der Waals surface area contributed by atoms with E-state index in [2.05, 4.69) is 20.8 Å². The highest BCUT2D eigenvalue weighted by atomic mass is 127. The van der Waals surface area contributed by atoms with E-state index in [1.165, 1.54) is 17.6 Å². The first-order valence-corrected chi connectivity index (χ1v) is 11.7. The van der Waals surface area contributed by atoms with Crippen LogP contribution in [-0.2, 0) is 0 Å². The molecule has 4 aromatic rings. The quantitative estimate of drug-likeness (QED) is 0.144. The maximum absolute atomic E-state index is 12.3. The van der Waals surface area contributed by atoms with Gasteiger partial charge >= 0.3 is 0 Å². The van der Waals surface area contributed by atoms with Gasteiger partial charge < -0.3 is 10.4 Å². The summed E-state index contributed by atoms with van der Waals surface area (Å²) in [7, 11) is 0. The van der Waals surface area contributed by atoms with Gasteiger partial charge in [-0.05, 0) is 82.8 Å². The lowest BCUT2D eigenvalue weighted by Gasteiger charge is -2.03. The van der Waals surface area contributed by atoms with Crippen molar-refractivity contribution in [3.8, 4) is 17.0 Å². The standard InChI is InChI=1S/C23H16ClIN4O2S/c24-17-6-8-18(9-7-17)27-23-28-20(13-32-23)15-2-4-16(5-3-15)22(31)29-26-12-14-1-10-21(30)19(25)11-14/h1-13,30H,(H,27,28)(H,29,31)/b26-12-. The molecule has 1 heterocycles. The summed E-state index contributed by atoms with van der Waals surface area (Å²) < 4.78 is 0.710. The van der Waals surface area contributed by atoms with E-state index >= 15 is 0 Å². The predicted octanol–water partition coefficient (Wildman–Crippen LogP) is 6.28. The van der Waals surface area contributed by atoms with E-state index in [0.717, 1.165) is 27.6 Å². The molecule has 0 saturated heterocycles. The van der Waals surface area contributed by atoms with Crippen LogP contribution in [0.3, 0.4) is 0 Å². The molecule has 0 radical (unpaired) electrons. The van der Waals surface area contributed by atoms with Crippen LogP contribution in [0.25, 0.3) is 11.3 Å². The molecule has 0 aliphatic carbocycles. The average molecular weight is 575 g/mol. The van der Waals surface area contributed by atoms with Gasteiger partial charge in [0.25, 0.3) is 5.91 Å². The van der Waals surface area contributed by atoms with Crippen molar-refractivity contribution in [1.29, 1.82) is 0 Å². The number of thiazole rings is 1. The van der Waals surface area contributed by atoms with E-state index < -0.39 is 0 Å². The van der Waals surface area contributed by atoms with Crippen LogP contribution in [0.1, 0.15) is 15.9 Å². The van der Waals surface area contributed by atoms with Crippen molar-refractivity contribution < 1.29 is 9.90 Å². The lowest BCUT2D eigenvalue weighted by molar-refractivity contribution is 0.0955. The second-order valence-electron chi connectivity index (χ2n) is 6.66. The van der Waals surface area contributed by atoms with Crippen LogP contribution in [0.4, 0.5) is 10.8 Å². The summed E-state index contributed by atoms with van der Waals surface area (Å²) in [5.74, 6) is -0.107. The molecule has 0 spiro atoms. The molecule has 0 aliphatic rings. The van der Waals surface area contributed by atoms with Crippen molar-refractivity contribution in [3.05, 3.63) is 91.8 Å². The third-order valence-corrected chi connectivity index (χ3v) is 6.27. The van der Waals surface area contributed by atoms with Gasteiger partial charge in [0.1, 0.15) is 5.75 Å². The summed E-state index contributed by atoms with van der Waals surface area (Å²) in [4.78, 5) is 16.9. The van der Waals surface area contributed by atoms with Gasteiger partial charge in [-0.1, -0.05) is 23.7 Å². The molecular weight excluding hydrogens is 559 g/mol. The fourth-order valence-corrected chi connectivity index (χ4v) is 4.15. The van der Waals surface area contributed by atoms with Crippen LogP contribution in [0.2, 0.25) is 5.02 Å². The number of aromatic nitrogens is 1. The number of hydrogen-bond donors (Lipinski definition) is 3. The number of phenolic OH excluding ortho intramolecular Hbond substituents is 1. The van der Waals surface area contributed by atoms with Crippen LogP contribution < -0.4 is 10.7 Å². The van der Waals surface area contributed by atoms with Crippen LogP contribution in [0.15, 0.2) is 77.2 Å². The number of carbonyl (C=O) groups excluding carboxylic acids is 1. The summed E-state index contributed by atoms with van der Waals surface area (Å²) in [5, 5.41) is 20.2. The zero-order chi connectivity index (χ0) is 22.5. The first-order chi connectivity index (χ1) is 15.5. The van der Waals surface area contributed by atoms with E-state index in [1.54, 1.807) is 30.3 Å². The van der Waals surface area contributed by atoms with Gasteiger partial charge in [-0.15, -0.1) is 11.3 Å². The molecule has 0 atom stereocenters. The maximum Gasteiger partial charge on any atom is 0.271 e. The van der Waals surface area contributed by atoms with Crippen molar-refractivity contribution in [2.45, 2.75) is 0 Å². The van der Waals surface area contributed by atoms with Gasteiger partial charge in [-0.3, -0.25) is 4.79 Å². The molecule has 160 valence electrons. The van der Waals surface area contributed by atoms with E-state index in [0.29, 0.717) is 14.2 Å². The van der Waals surface area contributed by atoms with Crippen LogP contribution >= 0.6 is 45.5 Å². The smallest absolute Gasteiger partial charge is 0.271 e. The largest absolute Gasteiger partial charge is 0.507 e. The molecule has 9 heteroatoms. The number of hydrazone groups is 1. The number of carbonyl (C=O) groups is 1. The van der Waals surface area contributed by atoms with Gasteiger partial charge in [0.05, 0.1) is 15.5 Å². The second-order valence-corrected chi connectivity index (χ2v) is 9.11. The van der Waals surface area contributed by atoms with Crippen LogP contribution in [0.5, 0.6) is 5.75 Å². The third kappa shape index (κ3) is 5.64. The van der Waals surface area contributed by atoms with Crippen LogP contribution in [-0.4, -0.2) is 22.2 Å². The van der Waals surface area contributed by atoms with Crippen molar-refractivity contribution in [2.75, 3.05) is 5.32 Å². The van der Waals surface area contributed by atoms with Crippen LogP contribution in [0, 0.1) is 3.57 Å². The number of halogens is 2. The molecule has 1 aromatic heterocycles. The summed E-state index contributed by atoms with van der Waals surface area (Å²) in [6.45, 7) is 0. The fourth-order valence-electron chi connectivity index (χ4n) is 2.75. The number of nitrogens with one attached hydrogen (secondary N) is 2. The Balaban J connectivity index is 1.37. The number of amides is 1. The molecule has 0 saturated carbocycles. The first-order valence-electron chi connectivity index (χ1n) is 9.38. The Morgan fingerprint density at radius 3 is 2.56 bits per heavy atom. The highest BCUT2D eigenvalue weighted by Crippen LogP contribution is 2.28. The average Bonchev–Trinajstić information content (AvgIpc) is 3.26. The molecule has 1 amide bonds. The topological polar surface area (TPSA) is 86.6 Å². The van der Waals surface area contributed by atoms with Crippen molar-refractivity contribution in [3.63, 3.8) is 0 Å². The Morgan fingerprint density at radius 2 is 1.84 bits per heavy atom. The second kappa shape index (κ2) is 10.1. The number of benzene rings is 3. The minimum absolute atomic E-state index is 0.208. The molecular formula is C23H16ClIN4O2S. The molecule has 32 heavy (non-hydrogen) atoms. The summed E-state index contributed by atoms with van der Waals surface area (Å²) >= 11 is 9.44. The van der Waals surface area contributed by atoms with E-state index in [1.807, 2.05) is 64.4 Å². The summed E-state index contributed by atoms with van der Waals surface area (Å²) in [5.41, 5.74) is 6.40. The molecule has 0 unspecified atom stereocenters. The fraction of sp³-hybridized carbons (Fsp3) is 0. The molecule has 0 bridgehead atoms. The van der Waals surface area contributed by atoms with E-state index in [-0.39, 0.29) is 11.7 Å². The Bertz CT molecular complexity index is 1270. The van der Waals surface area contributed by atoms with Gasteiger partial charge in [0, 0.05) is 27.2 Å². The lowest BCUT2D eigenvalue weighted by Crippen LogP contribution is -2.17. The molecule has 0 fully saturated rings. The molecule has 6 nitrogen and oxygen atoms in total. The minimum atomic E-state index is -0.315. The first kappa shape index (κ1) is 22.3. The predicted molar refractivity (Wildman–Crippen MR) is 138 cm³/mol. The normalized spacial score (nSPS) is 10.9.